The Morgan fingerprint density at radius 3 is 2.33 bits per heavy atom. The summed E-state index contributed by atoms with van der Waals surface area (Å²) in [7, 11) is 0. The van der Waals surface area contributed by atoms with Crippen molar-refractivity contribution in [2.45, 2.75) is 51.0 Å². The number of nitrogens with one attached hydrogen (secondary N) is 2. The van der Waals surface area contributed by atoms with Gasteiger partial charge in [0.1, 0.15) is 0 Å². The molecule has 7 heteroatoms. The SMILES string of the molecule is O=C(NC1CCCCC1)c1ccc(NC(=O)N2CCCC(C(=O)O)C2)cc1. The quantitative estimate of drug-likeness (QED) is 0.755. The molecule has 0 radical (unpaired) electrons. The molecule has 1 aromatic carbocycles. The van der Waals surface area contributed by atoms with Crippen LogP contribution in [0.2, 0.25) is 0 Å². The van der Waals surface area contributed by atoms with Crippen molar-refractivity contribution in [1.82, 2.24) is 10.2 Å². The summed E-state index contributed by atoms with van der Waals surface area (Å²) >= 11 is 0. The first-order chi connectivity index (χ1) is 13.0. The van der Waals surface area contributed by atoms with E-state index in [4.69, 9.17) is 5.11 Å². The molecule has 1 aliphatic carbocycles. The molecule has 2 aliphatic rings. The van der Waals surface area contributed by atoms with E-state index >= 15 is 0 Å². The average molecular weight is 373 g/mol. The summed E-state index contributed by atoms with van der Waals surface area (Å²) < 4.78 is 0. The second kappa shape index (κ2) is 8.88. The normalized spacial score (nSPS) is 20.7. The zero-order valence-electron chi connectivity index (χ0n) is 15.4. The number of amides is 3. The maximum Gasteiger partial charge on any atom is 0.321 e. The van der Waals surface area contributed by atoms with E-state index < -0.39 is 11.9 Å². The molecular formula is C20H27N3O4. The molecule has 1 heterocycles. The van der Waals surface area contributed by atoms with E-state index in [1.807, 2.05) is 0 Å². The molecule has 0 aromatic heterocycles. The van der Waals surface area contributed by atoms with Crippen LogP contribution in [-0.2, 0) is 4.79 Å². The van der Waals surface area contributed by atoms with Crippen LogP contribution < -0.4 is 10.6 Å². The van der Waals surface area contributed by atoms with E-state index in [0.717, 1.165) is 25.7 Å². The molecule has 0 bridgehead atoms. The lowest BCUT2D eigenvalue weighted by atomic mass is 9.95. The van der Waals surface area contributed by atoms with Crippen molar-refractivity contribution < 1.29 is 19.5 Å². The number of hydrogen-bond donors (Lipinski definition) is 3. The van der Waals surface area contributed by atoms with Crippen molar-refractivity contribution in [1.29, 1.82) is 0 Å². The van der Waals surface area contributed by atoms with Gasteiger partial charge in [0.15, 0.2) is 0 Å². The molecule has 3 amide bonds. The Bertz CT molecular complexity index is 683. The van der Waals surface area contributed by atoms with E-state index in [1.54, 1.807) is 24.3 Å². The van der Waals surface area contributed by atoms with E-state index in [9.17, 15) is 14.4 Å². The van der Waals surface area contributed by atoms with Crippen LogP contribution in [0.3, 0.4) is 0 Å². The van der Waals surface area contributed by atoms with Crippen LogP contribution in [0.15, 0.2) is 24.3 Å². The van der Waals surface area contributed by atoms with Gasteiger partial charge in [0.2, 0.25) is 0 Å². The van der Waals surface area contributed by atoms with Crippen molar-refractivity contribution in [3.8, 4) is 0 Å². The molecule has 146 valence electrons. The number of carbonyl (C=O) groups is 3. The molecule has 3 rings (SSSR count). The Morgan fingerprint density at radius 1 is 0.963 bits per heavy atom. The van der Waals surface area contributed by atoms with Crippen LogP contribution in [0, 0.1) is 5.92 Å². The minimum absolute atomic E-state index is 0.0832. The maximum absolute atomic E-state index is 12.4. The fourth-order valence-corrected chi connectivity index (χ4v) is 3.79. The molecule has 1 saturated heterocycles. The standard InChI is InChI=1S/C20H27N3O4/c24-18(21-16-6-2-1-3-7-16)14-8-10-17(11-9-14)22-20(27)23-12-4-5-15(13-23)19(25)26/h8-11,15-16H,1-7,12-13H2,(H,21,24)(H,22,27)(H,25,26). The third kappa shape index (κ3) is 5.21. The highest BCUT2D eigenvalue weighted by atomic mass is 16.4. The lowest BCUT2D eigenvalue weighted by molar-refractivity contribution is -0.143. The smallest absolute Gasteiger partial charge is 0.321 e. The number of benzene rings is 1. The molecule has 0 spiro atoms. The molecule has 2 fully saturated rings. The fourth-order valence-electron chi connectivity index (χ4n) is 3.79. The molecule has 1 saturated carbocycles. The number of carboxylic acid groups (broad SMARTS) is 1. The number of piperidine rings is 1. The first-order valence-electron chi connectivity index (χ1n) is 9.72. The van der Waals surface area contributed by atoms with Gasteiger partial charge in [0.05, 0.1) is 5.92 Å². The largest absolute Gasteiger partial charge is 0.481 e. The van der Waals surface area contributed by atoms with Gasteiger partial charge in [-0.1, -0.05) is 19.3 Å². The van der Waals surface area contributed by atoms with Crippen LogP contribution >= 0.6 is 0 Å². The van der Waals surface area contributed by atoms with E-state index in [2.05, 4.69) is 10.6 Å². The Hall–Kier alpha value is -2.57. The number of carbonyl (C=O) groups excluding carboxylic acids is 2. The Labute approximate surface area is 159 Å². The maximum atomic E-state index is 12.4. The van der Waals surface area contributed by atoms with Crippen LogP contribution in [0.1, 0.15) is 55.3 Å². The number of likely N-dealkylation sites (tertiary alicyclic amines) is 1. The van der Waals surface area contributed by atoms with Gasteiger partial charge < -0.3 is 20.6 Å². The summed E-state index contributed by atoms with van der Waals surface area (Å²) in [4.78, 5) is 37.4. The zero-order chi connectivity index (χ0) is 19.2. The molecule has 1 aromatic rings. The van der Waals surface area contributed by atoms with Crippen LogP contribution in [-0.4, -0.2) is 47.0 Å². The Morgan fingerprint density at radius 2 is 1.67 bits per heavy atom. The van der Waals surface area contributed by atoms with Gasteiger partial charge in [-0.15, -0.1) is 0 Å². The highest BCUT2D eigenvalue weighted by molar-refractivity contribution is 5.95. The van der Waals surface area contributed by atoms with Gasteiger partial charge in [0.25, 0.3) is 5.91 Å². The van der Waals surface area contributed by atoms with E-state index in [-0.39, 0.29) is 24.5 Å². The van der Waals surface area contributed by atoms with Gasteiger partial charge in [-0.05, 0) is 49.9 Å². The van der Waals surface area contributed by atoms with Gasteiger partial charge in [0, 0.05) is 30.4 Å². The third-order valence-corrected chi connectivity index (χ3v) is 5.40. The summed E-state index contributed by atoms with van der Waals surface area (Å²) in [5.74, 6) is -1.45. The number of hydrogen-bond acceptors (Lipinski definition) is 3. The van der Waals surface area contributed by atoms with Crippen molar-refractivity contribution >= 4 is 23.6 Å². The fraction of sp³-hybridized carbons (Fsp3) is 0.550. The lowest BCUT2D eigenvalue weighted by Crippen LogP contribution is -2.44. The van der Waals surface area contributed by atoms with E-state index in [0.29, 0.717) is 30.6 Å². The first kappa shape index (κ1) is 19.2. The summed E-state index contributed by atoms with van der Waals surface area (Å²) in [6.45, 7) is 0.778. The molecular weight excluding hydrogens is 346 g/mol. The number of nitrogens with zero attached hydrogens (tertiary/aromatic N) is 1. The minimum Gasteiger partial charge on any atom is -0.481 e. The van der Waals surface area contributed by atoms with Crippen molar-refractivity contribution in [2.75, 3.05) is 18.4 Å². The number of carboxylic acids is 1. The predicted octanol–water partition coefficient (Wildman–Crippen LogP) is 3.08. The lowest BCUT2D eigenvalue weighted by Gasteiger charge is -2.30. The van der Waals surface area contributed by atoms with E-state index in [1.165, 1.54) is 11.3 Å². The van der Waals surface area contributed by atoms with Gasteiger partial charge in [-0.25, -0.2) is 4.79 Å². The summed E-state index contributed by atoms with van der Waals surface area (Å²) in [5.41, 5.74) is 1.16. The number of rotatable bonds is 4. The van der Waals surface area contributed by atoms with Gasteiger partial charge >= 0.3 is 12.0 Å². The monoisotopic (exact) mass is 373 g/mol. The Balaban J connectivity index is 1.53. The highest BCUT2D eigenvalue weighted by Gasteiger charge is 2.28. The molecule has 1 aliphatic heterocycles. The predicted molar refractivity (Wildman–Crippen MR) is 102 cm³/mol. The zero-order valence-corrected chi connectivity index (χ0v) is 15.4. The number of aliphatic carboxylic acids is 1. The first-order valence-corrected chi connectivity index (χ1v) is 9.72. The third-order valence-electron chi connectivity index (χ3n) is 5.40. The molecule has 1 atom stereocenters. The summed E-state index contributed by atoms with van der Waals surface area (Å²) in [5, 5.41) is 15.0. The number of urea groups is 1. The molecule has 27 heavy (non-hydrogen) atoms. The van der Waals surface area contributed by atoms with Crippen LogP contribution in [0.5, 0.6) is 0 Å². The van der Waals surface area contributed by atoms with Crippen molar-refractivity contribution in [3.05, 3.63) is 29.8 Å². The van der Waals surface area contributed by atoms with Gasteiger partial charge in [-0.3, -0.25) is 9.59 Å². The summed E-state index contributed by atoms with van der Waals surface area (Å²) in [6.07, 6.45) is 6.92. The van der Waals surface area contributed by atoms with Crippen molar-refractivity contribution in [3.63, 3.8) is 0 Å². The second-order valence-electron chi connectivity index (χ2n) is 7.44. The molecule has 1 unspecified atom stereocenters. The Kier molecular flexibility index (Phi) is 6.32. The topological polar surface area (TPSA) is 98.7 Å². The summed E-state index contributed by atoms with van der Waals surface area (Å²) in [6, 6.07) is 6.75. The molecule has 7 nitrogen and oxygen atoms in total. The number of anilines is 1. The van der Waals surface area contributed by atoms with Gasteiger partial charge in [-0.2, -0.15) is 0 Å². The second-order valence-corrected chi connectivity index (χ2v) is 7.44. The average Bonchev–Trinajstić information content (AvgIpc) is 2.69. The minimum atomic E-state index is -0.860. The van der Waals surface area contributed by atoms with Crippen LogP contribution in [0.4, 0.5) is 10.5 Å². The van der Waals surface area contributed by atoms with Crippen molar-refractivity contribution in [2.24, 2.45) is 5.92 Å². The van der Waals surface area contributed by atoms with Crippen LogP contribution in [0.25, 0.3) is 0 Å². The molecule has 3 N–H and O–H groups in total. The highest BCUT2D eigenvalue weighted by Crippen LogP contribution is 2.20.